The lowest BCUT2D eigenvalue weighted by atomic mass is 10.0. The van der Waals surface area contributed by atoms with Crippen molar-refractivity contribution < 1.29 is 0 Å². The van der Waals surface area contributed by atoms with Crippen LogP contribution in [-0.2, 0) is 0 Å². The molecule has 4 heteroatoms. The van der Waals surface area contributed by atoms with Crippen molar-refractivity contribution in [2.75, 3.05) is 45.8 Å². The SMILES string of the molecule is CC#CC(CN(c1ccccc1)c1ccccc1)=C(C#CC(CN(c1ccccc1)c1ccccc1)=C(C)CN(c1ccccc1)c1ccccc1)CN(c1ccccc1)c1ccccc1. The van der Waals surface area contributed by atoms with Gasteiger partial charge in [0.1, 0.15) is 0 Å². The molecule has 0 aliphatic carbocycles. The van der Waals surface area contributed by atoms with Crippen molar-refractivity contribution in [3.05, 3.63) is 265 Å². The topological polar surface area (TPSA) is 13.0 Å². The molecule has 0 N–H and O–H groups in total. The van der Waals surface area contributed by atoms with Gasteiger partial charge >= 0.3 is 0 Å². The van der Waals surface area contributed by atoms with Gasteiger partial charge in [-0.25, -0.2) is 0 Å². The third kappa shape index (κ3) is 11.6. The van der Waals surface area contributed by atoms with Gasteiger partial charge < -0.3 is 19.6 Å². The molecule has 0 aliphatic heterocycles. The van der Waals surface area contributed by atoms with Crippen LogP contribution in [0.15, 0.2) is 265 Å². The van der Waals surface area contributed by atoms with Gasteiger partial charge in [-0.15, -0.1) is 5.92 Å². The highest BCUT2D eigenvalue weighted by atomic mass is 15.2. The van der Waals surface area contributed by atoms with E-state index in [0.29, 0.717) is 26.2 Å². The third-order valence-electron chi connectivity index (χ3n) is 11.4. The summed E-state index contributed by atoms with van der Waals surface area (Å²) in [6.45, 7) is 6.35. The summed E-state index contributed by atoms with van der Waals surface area (Å²) < 4.78 is 0. The maximum atomic E-state index is 3.89. The van der Waals surface area contributed by atoms with Gasteiger partial charge in [-0.05, 0) is 116 Å². The minimum absolute atomic E-state index is 0.496. The van der Waals surface area contributed by atoms with E-state index in [-0.39, 0.29) is 0 Å². The lowest BCUT2D eigenvalue weighted by Crippen LogP contribution is -2.25. The van der Waals surface area contributed by atoms with Gasteiger partial charge in [0.25, 0.3) is 0 Å². The summed E-state index contributed by atoms with van der Waals surface area (Å²) in [4.78, 5) is 9.43. The lowest BCUT2D eigenvalue weighted by Gasteiger charge is -2.29. The Morgan fingerprint density at radius 2 is 0.470 bits per heavy atom. The number of hydrogen-bond acceptors (Lipinski definition) is 4. The van der Waals surface area contributed by atoms with Crippen LogP contribution >= 0.6 is 0 Å². The molecule has 322 valence electrons. The van der Waals surface area contributed by atoms with E-state index in [9.17, 15) is 0 Å². The van der Waals surface area contributed by atoms with E-state index in [0.717, 1.165) is 67.8 Å². The number of nitrogens with zero attached hydrogens (tertiary/aromatic N) is 4. The van der Waals surface area contributed by atoms with Crippen LogP contribution in [0.25, 0.3) is 0 Å². The molecule has 0 amide bonds. The van der Waals surface area contributed by atoms with E-state index in [2.05, 4.69) is 293 Å². The molecule has 0 heterocycles. The molecule has 0 aliphatic rings. The lowest BCUT2D eigenvalue weighted by molar-refractivity contribution is 0.986. The van der Waals surface area contributed by atoms with Crippen LogP contribution in [0.3, 0.4) is 0 Å². The second kappa shape index (κ2) is 22.8. The highest BCUT2D eigenvalue weighted by molar-refractivity contribution is 5.71. The Bertz CT molecular complexity index is 2760. The molecule has 8 rings (SSSR count). The van der Waals surface area contributed by atoms with Crippen LogP contribution in [0.2, 0.25) is 0 Å². The minimum atomic E-state index is 0.496. The molecule has 0 spiro atoms. The number of para-hydroxylation sites is 8. The van der Waals surface area contributed by atoms with Crippen LogP contribution in [0, 0.1) is 23.7 Å². The molecular formula is C62H54N4. The van der Waals surface area contributed by atoms with E-state index in [1.54, 1.807) is 0 Å². The average molecular weight is 855 g/mol. The molecule has 0 saturated carbocycles. The Kier molecular flexibility index (Phi) is 15.2. The second-order valence-electron chi connectivity index (χ2n) is 15.9. The number of rotatable bonds is 16. The standard InChI is InChI=1S/C62H54N4/c1-3-28-53(49-65(59-37-20-8-21-38-59)60-39-22-9-23-40-60)54(50-66(61-41-24-10-25-42-61)62-43-26-11-27-44-62)46-45-52(48-64(57-33-16-6-17-34-57)58-35-18-7-19-36-58)51(2)47-63(55-29-12-4-13-30-55)56-31-14-5-15-32-56/h4-27,29-44H,47-50H2,1-2H3. The Morgan fingerprint density at radius 3 is 0.712 bits per heavy atom. The molecule has 8 aromatic carbocycles. The van der Waals surface area contributed by atoms with Crippen molar-refractivity contribution in [3.8, 4) is 23.7 Å². The smallest absolute Gasteiger partial charge is 0.0570 e. The predicted molar refractivity (Wildman–Crippen MR) is 281 cm³/mol. The van der Waals surface area contributed by atoms with Gasteiger partial charge in [0.2, 0.25) is 0 Å². The highest BCUT2D eigenvalue weighted by Crippen LogP contribution is 2.32. The van der Waals surface area contributed by atoms with Crippen LogP contribution in [0.4, 0.5) is 45.5 Å². The van der Waals surface area contributed by atoms with E-state index in [1.807, 2.05) is 6.92 Å². The summed E-state index contributed by atoms with van der Waals surface area (Å²) in [5.74, 6) is 14.7. The van der Waals surface area contributed by atoms with E-state index < -0.39 is 0 Å². The Hall–Kier alpha value is -8.44. The number of hydrogen-bond donors (Lipinski definition) is 0. The molecule has 0 saturated heterocycles. The van der Waals surface area contributed by atoms with Crippen molar-refractivity contribution in [1.82, 2.24) is 0 Å². The molecule has 0 atom stereocenters. The van der Waals surface area contributed by atoms with Crippen molar-refractivity contribution in [2.45, 2.75) is 13.8 Å². The average Bonchev–Trinajstić information content (AvgIpc) is 3.39. The maximum absolute atomic E-state index is 3.89. The van der Waals surface area contributed by atoms with Crippen LogP contribution < -0.4 is 19.6 Å². The molecule has 0 fully saturated rings. The van der Waals surface area contributed by atoms with Gasteiger partial charge in [0, 0.05) is 68.8 Å². The largest absolute Gasteiger partial charge is 0.337 e. The normalized spacial score (nSPS) is 11.4. The first-order valence-electron chi connectivity index (χ1n) is 22.5. The number of anilines is 8. The van der Waals surface area contributed by atoms with E-state index in [4.69, 9.17) is 0 Å². The van der Waals surface area contributed by atoms with Crippen LogP contribution in [0.5, 0.6) is 0 Å². The molecule has 0 radical (unpaired) electrons. The summed E-state index contributed by atoms with van der Waals surface area (Å²) in [5, 5.41) is 0. The zero-order valence-corrected chi connectivity index (χ0v) is 37.7. The quantitative estimate of drug-likeness (QED) is 0.0898. The summed E-state index contributed by atoms with van der Waals surface area (Å²) in [6, 6.07) is 84.8. The fraction of sp³-hybridized carbons (Fsp3) is 0.0968. The summed E-state index contributed by atoms with van der Waals surface area (Å²) in [7, 11) is 0. The first kappa shape index (κ1) is 44.2. The number of benzene rings is 8. The van der Waals surface area contributed by atoms with Crippen molar-refractivity contribution >= 4 is 45.5 Å². The fourth-order valence-corrected chi connectivity index (χ4v) is 8.00. The fourth-order valence-electron chi connectivity index (χ4n) is 8.00. The van der Waals surface area contributed by atoms with Gasteiger partial charge in [-0.3, -0.25) is 0 Å². The Morgan fingerprint density at radius 1 is 0.273 bits per heavy atom. The van der Waals surface area contributed by atoms with Crippen molar-refractivity contribution in [3.63, 3.8) is 0 Å². The van der Waals surface area contributed by atoms with Crippen LogP contribution in [0.1, 0.15) is 13.8 Å². The summed E-state index contributed by atoms with van der Waals surface area (Å²) >= 11 is 0. The molecule has 4 nitrogen and oxygen atoms in total. The Balaban J connectivity index is 1.34. The Labute approximate surface area is 392 Å². The van der Waals surface area contributed by atoms with Gasteiger partial charge in [0.15, 0.2) is 0 Å². The third-order valence-corrected chi connectivity index (χ3v) is 11.4. The molecule has 8 aromatic rings. The molecule has 0 aromatic heterocycles. The second-order valence-corrected chi connectivity index (χ2v) is 15.9. The van der Waals surface area contributed by atoms with Crippen LogP contribution in [-0.4, -0.2) is 26.2 Å². The summed E-state index contributed by atoms with van der Waals surface area (Å²) in [6.07, 6.45) is 0. The zero-order chi connectivity index (χ0) is 45.2. The van der Waals surface area contributed by atoms with Gasteiger partial charge in [-0.2, -0.15) is 0 Å². The molecular weight excluding hydrogens is 801 g/mol. The first-order valence-corrected chi connectivity index (χ1v) is 22.5. The van der Waals surface area contributed by atoms with Crippen molar-refractivity contribution in [1.29, 1.82) is 0 Å². The van der Waals surface area contributed by atoms with E-state index in [1.165, 1.54) is 0 Å². The molecule has 66 heavy (non-hydrogen) atoms. The first-order chi connectivity index (χ1) is 32.6. The predicted octanol–water partition coefficient (Wildman–Crippen LogP) is 15.0. The highest BCUT2D eigenvalue weighted by Gasteiger charge is 2.20. The summed E-state index contributed by atoms with van der Waals surface area (Å²) in [5.41, 5.74) is 12.8. The maximum Gasteiger partial charge on any atom is 0.0570 e. The molecule has 0 bridgehead atoms. The van der Waals surface area contributed by atoms with E-state index >= 15 is 0 Å². The zero-order valence-electron chi connectivity index (χ0n) is 37.7. The van der Waals surface area contributed by atoms with Gasteiger partial charge in [0.05, 0.1) is 19.6 Å². The monoisotopic (exact) mass is 854 g/mol. The van der Waals surface area contributed by atoms with Gasteiger partial charge in [-0.1, -0.05) is 163 Å². The molecule has 0 unspecified atom stereocenters. The van der Waals surface area contributed by atoms with Crippen molar-refractivity contribution in [2.24, 2.45) is 0 Å². The minimum Gasteiger partial charge on any atom is -0.337 e.